The van der Waals surface area contributed by atoms with Crippen LogP contribution in [0.4, 0.5) is 17.1 Å². The Bertz CT molecular complexity index is 1600. The minimum absolute atomic E-state index is 0.0922. The van der Waals surface area contributed by atoms with Crippen molar-refractivity contribution in [3.05, 3.63) is 106 Å². The van der Waals surface area contributed by atoms with Gasteiger partial charge in [-0.3, -0.25) is 24.5 Å². The van der Waals surface area contributed by atoms with E-state index in [1.807, 2.05) is 59.5 Å². The number of Topliss-reactive ketones (excluding diaryl/α,β-unsaturated/α-hetero) is 2. The summed E-state index contributed by atoms with van der Waals surface area (Å²) in [5.74, 6) is -2.17. The maximum absolute atomic E-state index is 14.6. The van der Waals surface area contributed by atoms with E-state index in [9.17, 15) is 24.5 Å². The van der Waals surface area contributed by atoms with Gasteiger partial charge in [-0.05, 0) is 23.3 Å². The average molecular weight is 522 g/mol. The van der Waals surface area contributed by atoms with Crippen LogP contribution in [0, 0.1) is 21.4 Å². The van der Waals surface area contributed by atoms with Crippen LogP contribution in [0.1, 0.15) is 42.3 Å². The molecule has 0 bridgehead atoms. The van der Waals surface area contributed by atoms with Crippen molar-refractivity contribution in [2.24, 2.45) is 11.3 Å². The van der Waals surface area contributed by atoms with Crippen molar-refractivity contribution in [3.8, 4) is 0 Å². The summed E-state index contributed by atoms with van der Waals surface area (Å²) in [6, 6.07) is 18.8. The third kappa shape index (κ3) is 3.40. The van der Waals surface area contributed by atoms with Crippen molar-refractivity contribution in [1.82, 2.24) is 0 Å². The fraction of sp³-hybridized carbons (Fsp3) is 0.258. The highest BCUT2D eigenvalue weighted by atomic mass is 16.6. The number of nitro groups is 1. The maximum Gasteiger partial charge on any atom is 0.270 e. The zero-order valence-corrected chi connectivity index (χ0v) is 21.8. The van der Waals surface area contributed by atoms with Gasteiger partial charge in [0, 0.05) is 34.5 Å². The van der Waals surface area contributed by atoms with Gasteiger partial charge in [0.25, 0.3) is 5.69 Å². The Hall–Kier alpha value is -4.59. The molecule has 1 spiro atoms. The fourth-order valence-electron chi connectivity index (χ4n) is 6.52. The first kappa shape index (κ1) is 24.7. The van der Waals surface area contributed by atoms with Gasteiger partial charge >= 0.3 is 0 Å². The lowest BCUT2D eigenvalue weighted by Gasteiger charge is -2.38. The Morgan fingerprint density at radius 3 is 2.46 bits per heavy atom. The van der Waals surface area contributed by atoms with Gasteiger partial charge in [0.05, 0.1) is 16.9 Å². The molecule has 8 heteroatoms. The molecule has 1 N–H and O–H groups in total. The lowest BCUT2D eigenvalue weighted by Crippen LogP contribution is -2.51. The number of benzene rings is 3. The van der Waals surface area contributed by atoms with Gasteiger partial charge in [-0.15, -0.1) is 0 Å². The van der Waals surface area contributed by atoms with Crippen LogP contribution in [0.5, 0.6) is 0 Å². The van der Waals surface area contributed by atoms with Crippen LogP contribution in [-0.2, 0) is 15.0 Å². The van der Waals surface area contributed by atoms with E-state index in [0.29, 0.717) is 11.3 Å². The number of amides is 1. The van der Waals surface area contributed by atoms with Gasteiger partial charge in [-0.1, -0.05) is 81.5 Å². The van der Waals surface area contributed by atoms with Crippen LogP contribution in [0.15, 0.2) is 78.9 Å². The van der Waals surface area contributed by atoms with E-state index < -0.39 is 39.5 Å². The van der Waals surface area contributed by atoms with Crippen LogP contribution in [0.25, 0.3) is 6.08 Å². The highest BCUT2D eigenvalue weighted by Gasteiger charge is 2.70. The number of carbonyl (C=O) groups is 3. The van der Waals surface area contributed by atoms with Crippen molar-refractivity contribution >= 4 is 40.6 Å². The predicted octanol–water partition coefficient (Wildman–Crippen LogP) is 5.18. The van der Waals surface area contributed by atoms with Crippen molar-refractivity contribution in [1.29, 1.82) is 0 Å². The number of hydrogen-bond acceptors (Lipinski definition) is 6. The predicted molar refractivity (Wildman–Crippen MR) is 148 cm³/mol. The molecule has 0 radical (unpaired) electrons. The smallest absolute Gasteiger partial charge is 0.270 e. The van der Waals surface area contributed by atoms with Gasteiger partial charge in [0.15, 0.2) is 11.6 Å². The van der Waals surface area contributed by atoms with Crippen LogP contribution in [-0.4, -0.2) is 34.5 Å². The van der Waals surface area contributed by atoms with Crippen molar-refractivity contribution in [2.45, 2.75) is 38.3 Å². The number of nitrogens with zero attached hydrogens (tertiary/aromatic N) is 2. The summed E-state index contributed by atoms with van der Waals surface area (Å²) in [5.41, 5.74) is 0.461. The molecule has 3 aromatic rings. The molecule has 3 aromatic carbocycles. The molecular weight excluding hydrogens is 494 g/mol. The van der Waals surface area contributed by atoms with Crippen molar-refractivity contribution in [3.63, 3.8) is 0 Å². The number of para-hydroxylation sites is 2. The summed E-state index contributed by atoms with van der Waals surface area (Å²) in [6.45, 7) is 5.41. The second-order valence-electron chi connectivity index (χ2n) is 11.3. The summed E-state index contributed by atoms with van der Waals surface area (Å²) in [5, 5.41) is 14.5. The third-order valence-electron chi connectivity index (χ3n) is 8.17. The summed E-state index contributed by atoms with van der Waals surface area (Å²) >= 11 is 0. The second kappa shape index (κ2) is 8.46. The number of anilines is 2. The first-order valence-electron chi connectivity index (χ1n) is 12.9. The molecule has 196 valence electrons. The Kier molecular flexibility index (Phi) is 5.36. The third-order valence-corrected chi connectivity index (χ3v) is 8.17. The Morgan fingerprint density at radius 1 is 1.00 bits per heavy atom. The molecule has 0 aromatic heterocycles. The lowest BCUT2D eigenvalue weighted by molar-refractivity contribution is -0.384. The largest absolute Gasteiger partial charge is 0.352 e. The Morgan fingerprint density at radius 2 is 1.72 bits per heavy atom. The molecule has 1 fully saturated rings. The topological polar surface area (TPSA) is 110 Å². The minimum Gasteiger partial charge on any atom is -0.352 e. The molecule has 3 heterocycles. The molecular formula is C31H27N3O5. The number of nitro benzene ring substituents is 1. The SMILES string of the molecule is CC(C)(C)C(=O)[C@@H]1[C@H](C(=O)c2cccc([N+](=O)[O-])c2)[C@]2(C(=O)Nc3ccccc32)[C@@H]2C=Cc3ccccc3N12. The van der Waals surface area contributed by atoms with Crippen molar-refractivity contribution < 1.29 is 19.3 Å². The van der Waals surface area contributed by atoms with E-state index in [1.54, 1.807) is 26.8 Å². The molecule has 6 rings (SSSR count). The first-order valence-corrected chi connectivity index (χ1v) is 12.9. The Labute approximate surface area is 225 Å². The number of nitrogens with one attached hydrogen (secondary N) is 1. The van der Waals surface area contributed by atoms with E-state index in [-0.39, 0.29) is 22.9 Å². The summed E-state index contributed by atoms with van der Waals surface area (Å²) in [7, 11) is 0. The summed E-state index contributed by atoms with van der Waals surface area (Å²) in [4.78, 5) is 56.1. The number of rotatable bonds is 4. The minimum atomic E-state index is -1.44. The molecule has 1 saturated heterocycles. The number of non-ortho nitro benzene ring substituents is 1. The molecule has 0 unspecified atom stereocenters. The highest BCUT2D eigenvalue weighted by Crippen LogP contribution is 2.58. The average Bonchev–Trinajstić information content (AvgIpc) is 3.40. The normalized spacial score (nSPS) is 24.6. The Balaban J connectivity index is 1.68. The molecule has 3 aliphatic heterocycles. The first-order chi connectivity index (χ1) is 18.6. The number of fused-ring (bicyclic) bond motifs is 6. The molecule has 1 amide bonds. The van der Waals surface area contributed by atoms with Gasteiger partial charge < -0.3 is 10.2 Å². The summed E-state index contributed by atoms with van der Waals surface area (Å²) in [6.07, 6.45) is 3.85. The van der Waals surface area contributed by atoms with Crippen LogP contribution in [0.2, 0.25) is 0 Å². The number of carbonyl (C=O) groups excluding carboxylic acids is 3. The van der Waals surface area contributed by atoms with E-state index in [2.05, 4.69) is 5.32 Å². The monoisotopic (exact) mass is 521 g/mol. The lowest BCUT2D eigenvalue weighted by atomic mass is 9.63. The quantitative estimate of drug-likeness (QED) is 0.288. The van der Waals surface area contributed by atoms with E-state index >= 15 is 0 Å². The van der Waals surface area contributed by atoms with E-state index in [0.717, 1.165) is 11.3 Å². The van der Waals surface area contributed by atoms with Crippen molar-refractivity contribution in [2.75, 3.05) is 10.2 Å². The van der Waals surface area contributed by atoms with Crippen LogP contribution in [0.3, 0.4) is 0 Å². The molecule has 0 saturated carbocycles. The van der Waals surface area contributed by atoms with Gasteiger partial charge in [-0.25, -0.2) is 0 Å². The van der Waals surface area contributed by atoms with Gasteiger partial charge in [-0.2, -0.15) is 0 Å². The highest BCUT2D eigenvalue weighted by molar-refractivity contribution is 6.17. The van der Waals surface area contributed by atoms with Gasteiger partial charge in [0.2, 0.25) is 5.91 Å². The zero-order chi connectivity index (χ0) is 27.7. The second-order valence-corrected chi connectivity index (χ2v) is 11.3. The fourth-order valence-corrected chi connectivity index (χ4v) is 6.52. The maximum atomic E-state index is 14.6. The van der Waals surface area contributed by atoms with Crippen LogP contribution < -0.4 is 10.2 Å². The number of hydrogen-bond donors (Lipinski definition) is 1. The van der Waals surface area contributed by atoms with E-state index in [1.165, 1.54) is 24.3 Å². The van der Waals surface area contributed by atoms with Gasteiger partial charge in [0.1, 0.15) is 11.5 Å². The molecule has 4 atom stereocenters. The molecule has 0 aliphatic carbocycles. The molecule has 39 heavy (non-hydrogen) atoms. The summed E-state index contributed by atoms with van der Waals surface area (Å²) < 4.78 is 0. The number of ketones is 2. The molecule has 8 nitrogen and oxygen atoms in total. The van der Waals surface area contributed by atoms with E-state index in [4.69, 9.17) is 0 Å². The van der Waals surface area contributed by atoms with Crippen LogP contribution >= 0.6 is 0 Å². The molecule has 3 aliphatic rings. The zero-order valence-electron chi connectivity index (χ0n) is 21.8. The standard InChI is InChI=1S/C31H27N3O5/c1-30(2,3)28(36)26-25(27(35)19-10-8-11-20(17-19)34(38)39)31(21-12-5-6-13-22(21)32-29(31)37)24-16-15-18-9-4-7-14-23(18)33(24)26/h4-17,24-26H,1-3H3,(H,32,37)/t24-,25+,26-,31+/m0/s1.